The Hall–Kier alpha value is -0.160. The zero-order valence-electron chi connectivity index (χ0n) is 13.7. The molecule has 0 aromatic carbocycles. The second-order valence-electron chi connectivity index (χ2n) is 8.36. The average Bonchev–Trinajstić information content (AvgIpc) is 3.05. The zero-order chi connectivity index (χ0) is 15.0. The highest BCUT2D eigenvalue weighted by molar-refractivity contribution is 5.20. The van der Waals surface area contributed by atoms with Gasteiger partial charge in [-0.05, 0) is 30.6 Å². The number of ether oxygens (including phenoxy) is 1. The van der Waals surface area contributed by atoms with E-state index in [-0.39, 0.29) is 36.4 Å². The molecule has 4 fully saturated rings. The van der Waals surface area contributed by atoms with Crippen LogP contribution in [0.3, 0.4) is 0 Å². The monoisotopic (exact) mass is 295 g/mol. The highest BCUT2D eigenvalue weighted by Gasteiger charge is 2.73. The quantitative estimate of drug-likeness (QED) is 0.869. The van der Waals surface area contributed by atoms with Gasteiger partial charge in [-0.1, -0.05) is 34.1 Å². The van der Waals surface area contributed by atoms with Crippen molar-refractivity contribution in [3.63, 3.8) is 0 Å². The maximum atomic E-state index is 9.80. The molecule has 2 heterocycles. The third-order valence-corrected chi connectivity index (χ3v) is 7.44. The maximum absolute atomic E-state index is 9.80. The third-order valence-electron chi connectivity index (χ3n) is 7.44. The number of rotatable bonds is 3. The lowest BCUT2D eigenvalue weighted by atomic mass is 9.70. The van der Waals surface area contributed by atoms with Crippen molar-refractivity contribution in [2.24, 2.45) is 22.7 Å². The van der Waals surface area contributed by atoms with Gasteiger partial charge in [-0.25, -0.2) is 0 Å². The van der Waals surface area contributed by atoms with Crippen molar-refractivity contribution < 1.29 is 14.7 Å². The van der Waals surface area contributed by atoms with E-state index in [1.165, 1.54) is 12.8 Å². The fourth-order valence-electron chi connectivity index (χ4n) is 5.77. The molecule has 4 nitrogen and oxygen atoms in total. The first-order chi connectivity index (χ1) is 9.95. The SMILES string of the molecule is CCCC1ON2C(O[C@@H]3C2C2CCC3(C)C2(C)C)C1CO. The molecule has 0 amide bonds. The van der Waals surface area contributed by atoms with Gasteiger partial charge in [0.2, 0.25) is 0 Å². The van der Waals surface area contributed by atoms with Crippen molar-refractivity contribution >= 4 is 0 Å². The molecule has 21 heavy (non-hydrogen) atoms. The van der Waals surface area contributed by atoms with Crippen LogP contribution in [0.1, 0.15) is 53.4 Å². The molecular weight excluding hydrogens is 266 g/mol. The highest BCUT2D eigenvalue weighted by Crippen LogP contribution is 2.70. The Morgan fingerprint density at radius 2 is 2.05 bits per heavy atom. The highest BCUT2D eigenvalue weighted by atomic mass is 16.8. The zero-order valence-corrected chi connectivity index (χ0v) is 13.7. The van der Waals surface area contributed by atoms with Gasteiger partial charge >= 0.3 is 0 Å². The standard InChI is InChI=1S/C17H29NO3/c1-5-6-12-10(9-19)15-18(21-12)13-11-7-8-17(4,14(13)20-15)16(11,2)3/h10-15,19H,5-9H2,1-4H3/t10?,11?,12?,13?,14-,15?,17?/m1/s1. The Kier molecular flexibility index (Phi) is 3.05. The number of aliphatic hydroxyl groups is 1. The topological polar surface area (TPSA) is 41.9 Å². The van der Waals surface area contributed by atoms with Crippen LogP contribution in [0.5, 0.6) is 0 Å². The van der Waals surface area contributed by atoms with E-state index in [1.54, 1.807) is 0 Å². The average molecular weight is 295 g/mol. The van der Waals surface area contributed by atoms with Crippen LogP contribution in [-0.4, -0.2) is 41.3 Å². The van der Waals surface area contributed by atoms with Gasteiger partial charge in [0, 0.05) is 5.41 Å². The van der Waals surface area contributed by atoms with E-state index in [0.717, 1.165) is 12.8 Å². The molecule has 2 saturated heterocycles. The van der Waals surface area contributed by atoms with Crippen molar-refractivity contribution in [3.8, 4) is 0 Å². The van der Waals surface area contributed by atoms with Crippen molar-refractivity contribution in [1.29, 1.82) is 0 Å². The molecule has 4 heteroatoms. The first kappa shape index (κ1) is 14.4. The number of fused-ring (bicyclic) bond motifs is 7. The van der Waals surface area contributed by atoms with Gasteiger partial charge in [-0.15, -0.1) is 0 Å². The van der Waals surface area contributed by atoms with Gasteiger partial charge in [-0.3, -0.25) is 4.84 Å². The van der Waals surface area contributed by atoms with Gasteiger partial charge in [0.05, 0.1) is 30.8 Å². The number of nitrogens with zero attached hydrogens (tertiary/aromatic N) is 1. The number of hydrogen-bond donors (Lipinski definition) is 1. The smallest absolute Gasteiger partial charge is 0.141 e. The van der Waals surface area contributed by atoms with Crippen molar-refractivity contribution in [2.75, 3.05) is 6.61 Å². The van der Waals surface area contributed by atoms with Crippen LogP contribution in [-0.2, 0) is 9.57 Å². The molecule has 4 rings (SSSR count). The summed E-state index contributed by atoms with van der Waals surface area (Å²) < 4.78 is 6.50. The maximum Gasteiger partial charge on any atom is 0.141 e. The van der Waals surface area contributed by atoms with E-state index < -0.39 is 0 Å². The summed E-state index contributed by atoms with van der Waals surface area (Å²) in [5.41, 5.74) is 0.560. The summed E-state index contributed by atoms with van der Waals surface area (Å²) >= 11 is 0. The van der Waals surface area contributed by atoms with E-state index in [2.05, 4.69) is 32.8 Å². The van der Waals surface area contributed by atoms with E-state index in [0.29, 0.717) is 17.4 Å². The van der Waals surface area contributed by atoms with Gasteiger partial charge < -0.3 is 9.84 Å². The van der Waals surface area contributed by atoms with Crippen LogP contribution in [0.2, 0.25) is 0 Å². The first-order valence-corrected chi connectivity index (χ1v) is 8.67. The summed E-state index contributed by atoms with van der Waals surface area (Å²) in [5, 5.41) is 12.0. The van der Waals surface area contributed by atoms with E-state index in [1.807, 2.05) is 0 Å². The van der Waals surface area contributed by atoms with Gasteiger partial charge in [0.1, 0.15) is 6.23 Å². The lowest BCUT2D eigenvalue weighted by Gasteiger charge is -2.38. The predicted octanol–water partition coefficient (Wildman–Crippen LogP) is 2.56. The molecule has 0 aromatic heterocycles. The number of hydroxylamine groups is 2. The molecule has 2 bridgehead atoms. The summed E-state index contributed by atoms with van der Waals surface area (Å²) in [7, 11) is 0. The van der Waals surface area contributed by atoms with Crippen molar-refractivity contribution in [2.45, 2.75) is 77.9 Å². The molecule has 120 valence electrons. The van der Waals surface area contributed by atoms with Gasteiger partial charge in [-0.2, -0.15) is 5.06 Å². The molecule has 0 radical (unpaired) electrons. The summed E-state index contributed by atoms with van der Waals surface area (Å²) in [6.45, 7) is 9.55. The predicted molar refractivity (Wildman–Crippen MR) is 79.3 cm³/mol. The molecule has 2 saturated carbocycles. The molecule has 2 aliphatic carbocycles. The van der Waals surface area contributed by atoms with Crippen LogP contribution < -0.4 is 0 Å². The second kappa shape index (κ2) is 4.44. The Morgan fingerprint density at radius 1 is 1.29 bits per heavy atom. The van der Waals surface area contributed by atoms with Crippen LogP contribution >= 0.6 is 0 Å². The molecule has 4 aliphatic rings. The second-order valence-corrected chi connectivity index (χ2v) is 8.36. The lowest BCUT2D eigenvalue weighted by molar-refractivity contribution is -0.197. The summed E-state index contributed by atoms with van der Waals surface area (Å²) in [5.74, 6) is 0.763. The first-order valence-electron chi connectivity index (χ1n) is 8.67. The van der Waals surface area contributed by atoms with E-state index in [9.17, 15) is 5.11 Å². The molecule has 0 spiro atoms. The normalized spacial score (nSPS) is 54.1. The fourth-order valence-corrected chi connectivity index (χ4v) is 5.77. The molecule has 7 atom stereocenters. The Morgan fingerprint density at radius 3 is 2.71 bits per heavy atom. The Bertz CT molecular complexity index is 440. The van der Waals surface area contributed by atoms with Crippen LogP contribution in [0.25, 0.3) is 0 Å². The Labute approximate surface area is 127 Å². The van der Waals surface area contributed by atoms with E-state index in [4.69, 9.17) is 9.57 Å². The molecule has 2 aliphatic heterocycles. The largest absolute Gasteiger partial charge is 0.396 e. The van der Waals surface area contributed by atoms with E-state index >= 15 is 0 Å². The minimum atomic E-state index is -0.0300. The fraction of sp³-hybridized carbons (Fsp3) is 1.00. The van der Waals surface area contributed by atoms with Crippen molar-refractivity contribution in [1.82, 2.24) is 5.06 Å². The number of hydrogen-bond acceptors (Lipinski definition) is 4. The van der Waals surface area contributed by atoms with Crippen LogP contribution in [0, 0.1) is 22.7 Å². The van der Waals surface area contributed by atoms with Gasteiger partial charge in [0.25, 0.3) is 0 Å². The van der Waals surface area contributed by atoms with Crippen LogP contribution in [0.4, 0.5) is 0 Å². The summed E-state index contributed by atoms with van der Waals surface area (Å²) in [4.78, 5) is 6.28. The summed E-state index contributed by atoms with van der Waals surface area (Å²) in [6.07, 6.45) is 5.00. The molecule has 6 unspecified atom stereocenters. The summed E-state index contributed by atoms with van der Waals surface area (Å²) in [6, 6.07) is 0.389. The van der Waals surface area contributed by atoms with Crippen LogP contribution in [0.15, 0.2) is 0 Å². The van der Waals surface area contributed by atoms with Gasteiger partial charge in [0.15, 0.2) is 0 Å². The van der Waals surface area contributed by atoms with Crippen molar-refractivity contribution in [3.05, 3.63) is 0 Å². The molecule has 0 aromatic rings. The Balaban J connectivity index is 1.64. The lowest BCUT2D eigenvalue weighted by Crippen LogP contribution is -2.42. The minimum Gasteiger partial charge on any atom is -0.396 e. The molecular formula is C17H29NO3. The number of aliphatic hydroxyl groups excluding tert-OH is 1. The third kappa shape index (κ3) is 1.55. The minimum absolute atomic E-state index is 0.0300. The molecule has 1 N–H and O–H groups in total.